The minimum absolute atomic E-state index is 0.0630. The van der Waals surface area contributed by atoms with Crippen LogP contribution < -0.4 is 15.7 Å². The van der Waals surface area contributed by atoms with Crippen molar-refractivity contribution in [2.24, 2.45) is 0 Å². The number of hydrogen-bond acceptors (Lipinski definition) is 6. The molecule has 1 aromatic carbocycles. The fraction of sp³-hybridized carbons (Fsp3) is 0.222. The van der Waals surface area contributed by atoms with Crippen LogP contribution in [-0.2, 0) is 6.54 Å². The molecule has 0 unspecified atom stereocenters. The Morgan fingerprint density at radius 3 is 2.88 bits per heavy atom. The van der Waals surface area contributed by atoms with Crippen LogP contribution >= 0.6 is 0 Å². The third kappa shape index (κ3) is 3.65. The zero-order valence-corrected chi connectivity index (χ0v) is 13.9. The van der Waals surface area contributed by atoms with Gasteiger partial charge in [-0.1, -0.05) is 12.1 Å². The molecule has 0 aliphatic rings. The molecule has 0 bridgehead atoms. The van der Waals surface area contributed by atoms with Crippen molar-refractivity contribution < 1.29 is 13.9 Å². The van der Waals surface area contributed by atoms with E-state index in [0.717, 1.165) is 5.69 Å². The van der Waals surface area contributed by atoms with Crippen molar-refractivity contribution in [1.29, 1.82) is 0 Å². The summed E-state index contributed by atoms with van der Waals surface area (Å²) in [6.45, 7) is 4.32. The minimum atomic E-state index is -0.712. The Balaban J connectivity index is 1.86. The van der Waals surface area contributed by atoms with E-state index in [1.165, 1.54) is 12.4 Å². The number of para-hydroxylation sites is 1. The topological polar surface area (TPSA) is 94.3 Å². The molecule has 1 amide bonds. The van der Waals surface area contributed by atoms with Crippen LogP contribution in [0, 0.1) is 6.92 Å². The predicted molar refractivity (Wildman–Crippen MR) is 91.6 cm³/mol. The molecule has 0 aliphatic heterocycles. The number of rotatable bonds is 5. The Bertz CT molecular complexity index is 981. The largest absolute Gasteiger partial charge is 0.490 e. The smallest absolute Gasteiger partial charge is 0.349 e. The summed E-state index contributed by atoms with van der Waals surface area (Å²) in [4.78, 5) is 32.6. The lowest BCUT2D eigenvalue weighted by molar-refractivity contribution is 0.0947. The van der Waals surface area contributed by atoms with Gasteiger partial charge in [0, 0.05) is 11.1 Å². The van der Waals surface area contributed by atoms with Crippen LogP contribution in [0.4, 0.5) is 0 Å². The van der Waals surface area contributed by atoms with Crippen molar-refractivity contribution in [3.8, 4) is 5.75 Å². The SMILES string of the molecule is CCOc1cccc2cc(C(=O)NCc3cc(C)ncn3)c(=O)oc12. The number of hydrogen-bond donors (Lipinski definition) is 1. The average Bonchev–Trinajstić information content (AvgIpc) is 2.60. The first-order valence-electron chi connectivity index (χ1n) is 7.84. The Hall–Kier alpha value is -3.22. The normalized spacial score (nSPS) is 10.6. The monoisotopic (exact) mass is 339 g/mol. The Kier molecular flexibility index (Phi) is 4.74. The number of fused-ring (bicyclic) bond motifs is 1. The maximum absolute atomic E-state index is 12.3. The minimum Gasteiger partial charge on any atom is -0.490 e. The van der Waals surface area contributed by atoms with E-state index in [-0.39, 0.29) is 12.1 Å². The molecule has 128 valence electrons. The number of carbonyl (C=O) groups is 1. The predicted octanol–water partition coefficient (Wildman–Crippen LogP) is 2.22. The van der Waals surface area contributed by atoms with Crippen LogP contribution in [0.25, 0.3) is 11.0 Å². The maximum atomic E-state index is 12.3. The molecule has 0 radical (unpaired) electrons. The van der Waals surface area contributed by atoms with Crippen molar-refractivity contribution >= 4 is 16.9 Å². The number of amides is 1. The molecular weight excluding hydrogens is 322 g/mol. The van der Waals surface area contributed by atoms with Gasteiger partial charge in [0.05, 0.1) is 18.8 Å². The zero-order valence-electron chi connectivity index (χ0n) is 13.9. The molecule has 7 heteroatoms. The number of nitrogens with one attached hydrogen (secondary N) is 1. The number of benzene rings is 1. The maximum Gasteiger partial charge on any atom is 0.349 e. The standard InChI is InChI=1S/C18H17N3O4/c1-3-24-15-6-4-5-12-8-14(18(23)25-16(12)15)17(22)19-9-13-7-11(2)20-10-21-13/h4-8,10H,3,9H2,1-2H3,(H,19,22). The highest BCUT2D eigenvalue weighted by Gasteiger charge is 2.15. The summed E-state index contributed by atoms with van der Waals surface area (Å²) in [7, 11) is 0. The fourth-order valence-corrected chi connectivity index (χ4v) is 2.42. The van der Waals surface area contributed by atoms with Gasteiger partial charge in [-0.25, -0.2) is 14.8 Å². The van der Waals surface area contributed by atoms with Gasteiger partial charge in [-0.15, -0.1) is 0 Å². The molecule has 0 atom stereocenters. The van der Waals surface area contributed by atoms with E-state index in [0.29, 0.717) is 29.0 Å². The lowest BCUT2D eigenvalue weighted by Gasteiger charge is -2.08. The van der Waals surface area contributed by atoms with Crippen molar-refractivity contribution in [2.45, 2.75) is 20.4 Å². The van der Waals surface area contributed by atoms with E-state index in [1.807, 2.05) is 13.8 Å². The molecule has 0 aliphatic carbocycles. The van der Waals surface area contributed by atoms with Gasteiger partial charge in [-0.05, 0) is 32.0 Å². The van der Waals surface area contributed by atoms with Gasteiger partial charge >= 0.3 is 5.63 Å². The van der Waals surface area contributed by atoms with E-state index < -0.39 is 11.5 Å². The molecule has 0 saturated heterocycles. The highest BCUT2D eigenvalue weighted by atomic mass is 16.5. The molecule has 3 rings (SSSR count). The van der Waals surface area contributed by atoms with E-state index in [2.05, 4.69) is 15.3 Å². The summed E-state index contributed by atoms with van der Waals surface area (Å²) in [5, 5.41) is 3.29. The highest BCUT2D eigenvalue weighted by Crippen LogP contribution is 2.24. The van der Waals surface area contributed by atoms with Gasteiger partial charge in [-0.2, -0.15) is 0 Å². The molecule has 0 spiro atoms. The van der Waals surface area contributed by atoms with Gasteiger partial charge < -0.3 is 14.5 Å². The first kappa shape index (κ1) is 16.6. The second-order valence-corrected chi connectivity index (χ2v) is 5.39. The number of aryl methyl sites for hydroxylation is 1. The van der Waals surface area contributed by atoms with E-state index in [1.54, 1.807) is 24.3 Å². The Morgan fingerprint density at radius 1 is 1.28 bits per heavy atom. The molecule has 2 aromatic heterocycles. The van der Waals surface area contributed by atoms with Crippen LogP contribution in [-0.4, -0.2) is 22.5 Å². The Labute approximate surface area is 143 Å². The number of nitrogens with zero attached hydrogens (tertiary/aromatic N) is 2. The van der Waals surface area contributed by atoms with Gasteiger partial charge in [-0.3, -0.25) is 4.79 Å². The van der Waals surface area contributed by atoms with Crippen LogP contribution in [0.5, 0.6) is 5.75 Å². The molecule has 3 aromatic rings. The number of carbonyl (C=O) groups excluding carboxylic acids is 1. The first-order valence-corrected chi connectivity index (χ1v) is 7.84. The lowest BCUT2D eigenvalue weighted by atomic mass is 10.1. The molecule has 1 N–H and O–H groups in total. The molecular formula is C18H17N3O4. The first-order chi connectivity index (χ1) is 12.1. The summed E-state index contributed by atoms with van der Waals surface area (Å²) in [5.41, 5.74) is 1.01. The molecule has 2 heterocycles. The van der Waals surface area contributed by atoms with E-state index in [4.69, 9.17) is 9.15 Å². The summed E-state index contributed by atoms with van der Waals surface area (Å²) in [6.07, 6.45) is 1.43. The van der Waals surface area contributed by atoms with Crippen LogP contribution in [0.1, 0.15) is 28.7 Å². The summed E-state index contributed by atoms with van der Waals surface area (Å²) in [6, 6.07) is 8.51. The van der Waals surface area contributed by atoms with Crippen molar-refractivity contribution in [3.63, 3.8) is 0 Å². The second kappa shape index (κ2) is 7.12. The van der Waals surface area contributed by atoms with E-state index >= 15 is 0 Å². The summed E-state index contributed by atoms with van der Waals surface area (Å²) < 4.78 is 10.7. The van der Waals surface area contributed by atoms with Gasteiger partial charge in [0.15, 0.2) is 11.3 Å². The average molecular weight is 339 g/mol. The summed E-state index contributed by atoms with van der Waals surface area (Å²) in [5.74, 6) is -0.0470. The molecule has 0 saturated carbocycles. The van der Waals surface area contributed by atoms with E-state index in [9.17, 15) is 9.59 Å². The third-order valence-electron chi connectivity index (χ3n) is 3.56. The van der Waals surface area contributed by atoms with Crippen molar-refractivity contribution in [1.82, 2.24) is 15.3 Å². The fourth-order valence-electron chi connectivity index (χ4n) is 2.42. The quantitative estimate of drug-likeness (QED) is 0.716. The summed E-state index contributed by atoms with van der Waals surface area (Å²) >= 11 is 0. The molecule has 0 fully saturated rings. The van der Waals surface area contributed by atoms with Gasteiger partial charge in [0.25, 0.3) is 5.91 Å². The van der Waals surface area contributed by atoms with Crippen molar-refractivity contribution in [2.75, 3.05) is 6.61 Å². The zero-order chi connectivity index (χ0) is 17.8. The lowest BCUT2D eigenvalue weighted by Crippen LogP contribution is -2.28. The van der Waals surface area contributed by atoms with Crippen LogP contribution in [0.15, 0.2) is 45.9 Å². The third-order valence-corrected chi connectivity index (χ3v) is 3.56. The number of aromatic nitrogens is 2. The molecule has 7 nitrogen and oxygen atoms in total. The van der Waals surface area contributed by atoms with Crippen LogP contribution in [0.3, 0.4) is 0 Å². The number of ether oxygens (including phenoxy) is 1. The van der Waals surface area contributed by atoms with Gasteiger partial charge in [0.1, 0.15) is 11.9 Å². The molecule has 25 heavy (non-hydrogen) atoms. The van der Waals surface area contributed by atoms with Crippen LogP contribution in [0.2, 0.25) is 0 Å². The Morgan fingerprint density at radius 2 is 2.12 bits per heavy atom. The second-order valence-electron chi connectivity index (χ2n) is 5.39. The van der Waals surface area contributed by atoms with Gasteiger partial charge in [0.2, 0.25) is 0 Å². The van der Waals surface area contributed by atoms with Crippen molar-refractivity contribution in [3.05, 3.63) is 64.0 Å². The highest BCUT2D eigenvalue weighted by molar-refractivity contribution is 5.97.